The molecule has 188 valence electrons. The Labute approximate surface area is 206 Å². The molecule has 2 unspecified atom stereocenters. The van der Waals surface area contributed by atoms with Crippen LogP contribution in [0.1, 0.15) is 65.7 Å². The second-order valence-corrected chi connectivity index (χ2v) is 8.50. The minimum atomic E-state index is 0.360. The van der Waals surface area contributed by atoms with Crippen LogP contribution in [0.15, 0.2) is 54.6 Å². The number of unbranched alkanes of at least 4 members (excludes halogenated alkanes) is 3. The van der Waals surface area contributed by atoms with E-state index in [0.29, 0.717) is 18.7 Å². The molecule has 2 aromatic rings. The highest BCUT2D eigenvalue weighted by molar-refractivity contribution is 5.31. The van der Waals surface area contributed by atoms with Gasteiger partial charge in [-0.1, -0.05) is 51.3 Å². The minimum Gasteiger partial charge on any atom is -0.497 e. The lowest BCUT2D eigenvalue weighted by Gasteiger charge is -2.36. The van der Waals surface area contributed by atoms with Crippen LogP contribution in [0.3, 0.4) is 0 Å². The summed E-state index contributed by atoms with van der Waals surface area (Å²) in [6.07, 6.45) is 8.47. The molecule has 0 bridgehead atoms. The van der Waals surface area contributed by atoms with E-state index in [1.165, 1.54) is 25.7 Å². The van der Waals surface area contributed by atoms with Crippen molar-refractivity contribution in [2.45, 2.75) is 77.8 Å². The SMILES string of the molecule is CCCCCCN(C(C)COc1ccc(OC)cc1)C(CC)CCCOc1ccccc1.N#N. The summed E-state index contributed by atoms with van der Waals surface area (Å²) in [6, 6.07) is 18.9. The summed E-state index contributed by atoms with van der Waals surface area (Å²) in [4.78, 5) is 2.67. The Morgan fingerprint density at radius 2 is 1.44 bits per heavy atom. The Bertz CT molecular complexity index is 752. The summed E-state index contributed by atoms with van der Waals surface area (Å²) in [5, 5.41) is 12.0. The molecule has 0 heterocycles. The molecule has 2 rings (SSSR count). The van der Waals surface area contributed by atoms with Gasteiger partial charge in [-0.05, 0) is 75.5 Å². The topological polar surface area (TPSA) is 78.5 Å². The molecule has 0 fully saturated rings. The third kappa shape index (κ3) is 11.4. The summed E-state index contributed by atoms with van der Waals surface area (Å²) in [7, 11) is 1.68. The largest absolute Gasteiger partial charge is 0.497 e. The summed E-state index contributed by atoms with van der Waals surface area (Å²) < 4.78 is 17.3. The van der Waals surface area contributed by atoms with Crippen molar-refractivity contribution in [2.24, 2.45) is 0 Å². The Hall–Kier alpha value is -2.78. The van der Waals surface area contributed by atoms with Crippen molar-refractivity contribution in [1.82, 2.24) is 4.90 Å². The predicted octanol–water partition coefficient (Wildman–Crippen LogP) is 7.01. The van der Waals surface area contributed by atoms with E-state index in [0.717, 1.165) is 49.7 Å². The first-order chi connectivity index (χ1) is 16.7. The van der Waals surface area contributed by atoms with Crippen LogP contribution in [0.25, 0.3) is 0 Å². The van der Waals surface area contributed by atoms with Crippen LogP contribution in [0.5, 0.6) is 17.2 Å². The van der Waals surface area contributed by atoms with Crippen LogP contribution in [0, 0.1) is 10.8 Å². The smallest absolute Gasteiger partial charge is 0.119 e. The van der Waals surface area contributed by atoms with Crippen LogP contribution in [0.4, 0.5) is 0 Å². The van der Waals surface area contributed by atoms with Gasteiger partial charge in [0.25, 0.3) is 0 Å². The number of ether oxygens (including phenoxy) is 3. The zero-order valence-electron chi connectivity index (χ0n) is 21.5. The van der Waals surface area contributed by atoms with E-state index in [2.05, 4.69) is 25.7 Å². The van der Waals surface area contributed by atoms with Gasteiger partial charge in [-0.15, -0.1) is 0 Å². The molecule has 2 atom stereocenters. The van der Waals surface area contributed by atoms with E-state index in [-0.39, 0.29) is 0 Å². The van der Waals surface area contributed by atoms with Gasteiger partial charge in [0.05, 0.1) is 13.7 Å². The second kappa shape index (κ2) is 18.6. The van der Waals surface area contributed by atoms with Crippen LogP contribution in [0.2, 0.25) is 0 Å². The van der Waals surface area contributed by atoms with E-state index < -0.39 is 0 Å². The quantitative estimate of drug-likeness (QED) is 0.183. The predicted molar refractivity (Wildman–Crippen MR) is 137 cm³/mol. The zero-order valence-corrected chi connectivity index (χ0v) is 21.5. The normalized spacial score (nSPS) is 12.3. The average Bonchev–Trinajstić information content (AvgIpc) is 2.90. The van der Waals surface area contributed by atoms with Gasteiger partial charge in [-0.2, -0.15) is 0 Å². The molecule has 0 N–H and O–H groups in total. The van der Waals surface area contributed by atoms with Gasteiger partial charge < -0.3 is 14.2 Å². The van der Waals surface area contributed by atoms with Crippen molar-refractivity contribution < 1.29 is 14.2 Å². The minimum absolute atomic E-state index is 0.360. The fourth-order valence-electron chi connectivity index (χ4n) is 4.10. The van der Waals surface area contributed by atoms with Gasteiger partial charge in [0.15, 0.2) is 0 Å². The van der Waals surface area contributed by atoms with Crippen molar-refractivity contribution in [3.05, 3.63) is 54.6 Å². The van der Waals surface area contributed by atoms with E-state index in [1.807, 2.05) is 54.6 Å². The highest BCUT2D eigenvalue weighted by Crippen LogP contribution is 2.20. The summed E-state index contributed by atoms with van der Waals surface area (Å²) in [5.74, 6) is 2.71. The first kappa shape index (κ1) is 29.3. The van der Waals surface area contributed by atoms with Crippen LogP contribution >= 0.6 is 0 Å². The van der Waals surface area contributed by atoms with Crippen molar-refractivity contribution >= 4 is 0 Å². The van der Waals surface area contributed by atoms with Crippen molar-refractivity contribution in [1.29, 1.82) is 10.8 Å². The molecule has 0 aliphatic rings. The van der Waals surface area contributed by atoms with Gasteiger partial charge in [0.2, 0.25) is 0 Å². The molecular weight excluding hydrogens is 426 g/mol. The average molecular weight is 470 g/mol. The molecule has 0 saturated carbocycles. The molecule has 0 aromatic heterocycles. The van der Waals surface area contributed by atoms with E-state index >= 15 is 0 Å². The molecule has 34 heavy (non-hydrogen) atoms. The fraction of sp³-hybridized carbons (Fsp3) is 0.571. The van der Waals surface area contributed by atoms with Gasteiger partial charge in [0, 0.05) is 22.9 Å². The first-order valence-electron chi connectivity index (χ1n) is 12.6. The van der Waals surface area contributed by atoms with Crippen molar-refractivity contribution in [3.63, 3.8) is 0 Å². The maximum absolute atomic E-state index is 6.13. The molecule has 0 aliphatic carbocycles. The number of hydrogen-bond acceptors (Lipinski definition) is 6. The zero-order chi connectivity index (χ0) is 25.0. The highest BCUT2D eigenvalue weighted by Gasteiger charge is 2.22. The number of methoxy groups -OCH3 is 1. The van der Waals surface area contributed by atoms with Crippen molar-refractivity contribution in [3.8, 4) is 17.2 Å². The monoisotopic (exact) mass is 469 g/mol. The van der Waals surface area contributed by atoms with E-state index in [9.17, 15) is 0 Å². The molecule has 0 radical (unpaired) electrons. The highest BCUT2D eigenvalue weighted by atomic mass is 16.5. The van der Waals surface area contributed by atoms with Gasteiger partial charge in [0.1, 0.15) is 23.9 Å². The molecule has 6 heteroatoms. The molecule has 0 spiro atoms. The lowest BCUT2D eigenvalue weighted by Crippen LogP contribution is -2.45. The van der Waals surface area contributed by atoms with Crippen molar-refractivity contribution in [2.75, 3.05) is 26.9 Å². The summed E-state index contributed by atoms with van der Waals surface area (Å²) >= 11 is 0. The number of hydrogen-bond donors (Lipinski definition) is 0. The standard InChI is InChI=1S/C28H43NO3.N2/c1-5-7-8-12-21-29(24(3)23-32-28-19-17-26(30-4)18-20-28)25(6-2)14-13-22-31-27-15-10-9-11-16-27;1-2/h9-11,15-20,24-25H,5-8,12-14,21-23H2,1-4H3;. The molecular formula is C28H43N3O3. The maximum atomic E-state index is 6.13. The Morgan fingerprint density at radius 3 is 2.06 bits per heavy atom. The van der Waals surface area contributed by atoms with Crippen LogP contribution < -0.4 is 14.2 Å². The molecule has 0 saturated heterocycles. The van der Waals surface area contributed by atoms with Crippen LogP contribution in [-0.4, -0.2) is 43.9 Å². The number of nitrogens with zero attached hydrogens (tertiary/aromatic N) is 3. The number of rotatable bonds is 17. The fourth-order valence-corrected chi connectivity index (χ4v) is 4.10. The third-order valence-corrected chi connectivity index (χ3v) is 6.02. The van der Waals surface area contributed by atoms with Gasteiger partial charge >= 0.3 is 0 Å². The maximum Gasteiger partial charge on any atom is 0.119 e. The lowest BCUT2D eigenvalue weighted by molar-refractivity contribution is 0.0881. The summed E-state index contributed by atoms with van der Waals surface area (Å²) in [6.45, 7) is 9.46. The molecule has 6 nitrogen and oxygen atoms in total. The first-order valence-corrected chi connectivity index (χ1v) is 12.6. The molecule has 2 aromatic carbocycles. The Balaban J connectivity index is 0.00000281. The van der Waals surface area contributed by atoms with E-state index in [4.69, 9.17) is 25.0 Å². The molecule has 0 aliphatic heterocycles. The van der Waals surface area contributed by atoms with Gasteiger partial charge in [-0.25, -0.2) is 0 Å². The Morgan fingerprint density at radius 1 is 0.794 bits per heavy atom. The van der Waals surface area contributed by atoms with E-state index in [1.54, 1.807) is 7.11 Å². The lowest BCUT2D eigenvalue weighted by atomic mass is 10.0. The summed E-state index contributed by atoms with van der Waals surface area (Å²) in [5.41, 5.74) is 0. The molecule has 0 amide bonds. The second-order valence-electron chi connectivity index (χ2n) is 8.50. The van der Waals surface area contributed by atoms with Crippen LogP contribution in [-0.2, 0) is 0 Å². The Kier molecular flexibility index (Phi) is 16.0. The third-order valence-electron chi connectivity index (χ3n) is 6.02. The number of para-hydroxylation sites is 1. The number of benzene rings is 2. The van der Waals surface area contributed by atoms with Gasteiger partial charge in [-0.3, -0.25) is 4.90 Å².